The second kappa shape index (κ2) is 7.73. The summed E-state index contributed by atoms with van der Waals surface area (Å²) in [5.74, 6) is 1.62. The van der Waals surface area contributed by atoms with Gasteiger partial charge in [-0.05, 0) is 66.8 Å². The Bertz CT molecular complexity index is 872. The Morgan fingerprint density at radius 2 is 2.07 bits per heavy atom. The van der Waals surface area contributed by atoms with Crippen LogP contribution in [0.2, 0.25) is 6.82 Å². The molecule has 5 nitrogen and oxygen atoms in total. The minimum absolute atomic E-state index is 0.146. The Morgan fingerprint density at radius 1 is 1.26 bits per heavy atom. The van der Waals surface area contributed by atoms with Crippen LogP contribution in [0.3, 0.4) is 0 Å². The predicted molar refractivity (Wildman–Crippen MR) is 108 cm³/mol. The van der Waals surface area contributed by atoms with E-state index in [0.717, 1.165) is 49.5 Å². The number of nitrogens with zero attached hydrogens (tertiary/aromatic N) is 2. The van der Waals surface area contributed by atoms with Crippen LogP contribution in [0.1, 0.15) is 24.0 Å². The third-order valence-electron chi connectivity index (χ3n) is 5.47. The van der Waals surface area contributed by atoms with Crippen molar-refractivity contribution in [3.8, 4) is 11.5 Å². The molecular weight excluding hydrogens is 337 g/mol. The Morgan fingerprint density at radius 3 is 2.85 bits per heavy atom. The molecule has 2 aromatic carbocycles. The van der Waals surface area contributed by atoms with Gasteiger partial charge in [-0.25, -0.2) is 4.85 Å². The summed E-state index contributed by atoms with van der Waals surface area (Å²) < 4.78 is 11.9. The van der Waals surface area contributed by atoms with Crippen LogP contribution in [-0.4, -0.2) is 30.9 Å². The van der Waals surface area contributed by atoms with Gasteiger partial charge in [0.05, 0.1) is 13.2 Å². The van der Waals surface area contributed by atoms with Gasteiger partial charge < -0.3 is 15.1 Å². The molecule has 6 heteroatoms. The average Bonchev–Trinajstić information content (AvgIpc) is 3.05. The van der Waals surface area contributed by atoms with Gasteiger partial charge in [-0.15, -0.1) is 0 Å². The highest BCUT2D eigenvalue weighted by Crippen LogP contribution is 2.31. The molecule has 138 valence electrons. The highest BCUT2D eigenvalue weighted by Gasteiger charge is 2.24. The Kier molecular flexibility index (Phi) is 5.17. The number of rotatable bonds is 4. The standard InChI is InChI=1S/C21H24BN3O2/c1-22-20-5-4-19(12-16(20)14-26-22)27-21-6-3-18(24-2)11-15(21)13-25-9-7-17(23)8-10-25/h3-6,11-12,17H,7-10,13-14,23H2,1H3. The summed E-state index contributed by atoms with van der Waals surface area (Å²) in [5, 5.41) is 0. The van der Waals surface area contributed by atoms with Gasteiger partial charge in [0.2, 0.25) is 0 Å². The summed E-state index contributed by atoms with van der Waals surface area (Å²) in [7, 11) is 0. The first-order valence-corrected chi connectivity index (χ1v) is 9.53. The summed E-state index contributed by atoms with van der Waals surface area (Å²) in [6.45, 7) is 12.9. The Hall–Kier alpha value is -2.33. The van der Waals surface area contributed by atoms with Crippen molar-refractivity contribution in [3.05, 3.63) is 58.9 Å². The van der Waals surface area contributed by atoms with Crippen LogP contribution >= 0.6 is 0 Å². The molecule has 2 aliphatic rings. The molecule has 0 spiro atoms. The van der Waals surface area contributed by atoms with Crippen molar-refractivity contribution in [2.24, 2.45) is 5.73 Å². The fourth-order valence-electron chi connectivity index (χ4n) is 3.81. The molecule has 2 aliphatic heterocycles. The second-order valence-electron chi connectivity index (χ2n) is 7.43. The van der Waals surface area contributed by atoms with Crippen molar-refractivity contribution in [3.63, 3.8) is 0 Å². The normalized spacial score (nSPS) is 17.6. The minimum Gasteiger partial charge on any atom is -0.457 e. The van der Waals surface area contributed by atoms with Crippen molar-refractivity contribution in [1.29, 1.82) is 0 Å². The number of nitrogens with two attached hydrogens (primary N) is 1. The SMILES string of the molecule is [C-]#[N+]c1ccc(Oc2ccc3c(c2)COB3C)c(CN2CCC(N)CC2)c1. The van der Waals surface area contributed by atoms with E-state index in [9.17, 15) is 0 Å². The maximum absolute atomic E-state index is 7.32. The molecule has 0 unspecified atom stereocenters. The topological polar surface area (TPSA) is 52.1 Å². The largest absolute Gasteiger partial charge is 0.457 e. The van der Waals surface area contributed by atoms with Crippen LogP contribution in [0.25, 0.3) is 4.85 Å². The molecule has 0 atom stereocenters. The fourth-order valence-corrected chi connectivity index (χ4v) is 3.81. The Balaban J connectivity index is 1.56. The van der Waals surface area contributed by atoms with Crippen LogP contribution in [0.5, 0.6) is 11.5 Å². The highest BCUT2D eigenvalue weighted by atomic mass is 16.5. The first-order chi connectivity index (χ1) is 13.1. The van der Waals surface area contributed by atoms with Crippen molar-refractivity contribution in [2.45, 2.75) is 38.9 Å². The van der Waals surface area contributed by atoms with Gasteiger partial charge in [-0.2, -0.15) is 0 Å². The van der Waals surface area contributed by atoms with Gasteiger partial charge in [0, 0.05) is 12.6 Å². The number of benzene rings is 2. The van der Waals surface area contributed by atoms with E-state index in [1.807, 2.05) is 24.3 Å². The van der Waals surface area contributed by atoms with Gasteiger partial charge in [0.15, 0.2) is 5.69 Å². The number of likely N-dealkylation sites (tertiary alicyclic amines) is 1. The van der Waals surface area contributed by atoms with Crippen molar-refractivity contribution < 1.29 is 9.39 Å². The number of ether oxygens (including phenoxy) is 1. The number of piperidine rings is 1. The van der Waals surface area contributed by atoms with E-state index < -0.39 is 0 Å². The summed E-state index contributed by atoms with van der Waals surface area (Å²) in [4.78, 5) is 5.97. The van der Waals surface area contributed by atoms with E-state index in [0.29, 0.717) is 18.3 Å². The molecule has 2 N–H and O–H groups in total. The van der Waals surface area contributed by atoms with E-state index >= 15 is 0 Å². The van der Waals surface area contributed by atoms with Gasteiger partial charge in [-0.3, -0.25) is 4.90 Å². The van der Waals surface area contributed by atoms with Gasteiger partial charge in [0.1, 0.15) is 11.5 Å². The van der Waals surface area contributed by atoms with Crippen LogP contribution in [0, 0.1) is 6.57 Å². The molecule has 0 bridgehead atoms. The van der Waals surface area contributed by atoms with Crippen LogP contribution < -0.4 is 15.9 Å². The lowest BCUT2D eigenvalue weighted by molar-refractivity contribution is 0.204. The zero-order valence-electron chi connectivity index (χ0n) is 15.6. The number of hydrogen-bond donors (Lipinski definition) is 1. The third-order valence-corrected chi connectivity index (χ3v) is 5.47. The van der Waals surface area contributed by atoms with Crippen LogP contribution in [-0.2, 0) is 17.8 Å². The lowest BCUT2D eigenvalue weighted by Crippen LogP contribution is -2.39. The minimum atomic E-state index is 0.146. The molecule has 4 rings (SSSR count). The molecule has 0 aliphatic carbocycles. The molecule has 2 aromatic rings. The quantitative estimate of drug-likeness (QED) is 0.671. The molecule has 27 heavy (non-hydrogen) atoms. The first kappa shape index (κ1) is 18.1. The summed E-state index contributed by atoms with van der Waals surface area (Å²) >= 11 is 0. The molecule has 1 saturated heterocycles. The molecule has 0 radical (unpaired) electrons. The van der Waals surface area contributed by atoms with E-state index in [2.05, 4.69) is 28.7 Å². The molecule has 1 fully saturated rings. The summed E-state index contributed by atoms with van der Waals surface area (Å²) in [5.41, 5.74) is 10.1. The average molecular weight is 361 g/mol. The Labute approximate surface area is 161 Å². The maximum atomic E-state index is 7.32. The second-order valence-corrected chi connectivity index (χ2v) is 7.43. The number of fused-ring (bicyclic) bond motifs is 1. The van der Waals surface area contributed by atoms with Crippen LogP contribution in [0.4, 0.5) is 5.69 Å². The fraction of sp³-hybridized carbons (Fsp3) is 0.381. The van der Waals surface area contributed by atoms with E-state index in [1.54, 1.807) is 0 Å². The van der Waals surface area contributed by atoms with Gasteiger partial charge >= 0.3 is 6.92 Å². The zero-order chi connectivity index (χ0) is 18.8. The molecular formula is C21H24BN3O2. The summed E-state index contributed by atoms with van der Waals surface area (Å²) in [6, 6.07) is 12.1. The number of hydrogen-bond acceptors (Lipinski definition) is 4. The molecule has 0 saturated carbocycles. The summed E-state index contributed by atoms with van der Waals surface area (Å²) in [6.07, 6.45) is 2.03. The molecule has 0 aromatic heterocycles. The van der Waals surface area contributed by atoms with Gasteiger partial charge in [0.25, 0.3) is 0 Å². The highest BCUT2D eigenvalue weighted by molar-refractivity contribution is 6.67. The predicted octanol–water partition coefficient (Wildman–Crippen LogP) is 3.31. The maximum Gasteiger partial charge on any atom is 0.324 e. The molecule has 0 amide bonds. The van der Waals surface area contributed by atoms with Gasteiger partial charge in [-0.1, -0.05) is 19.0 Å². The monoisotopic (exact) mass is 361 g/mol. The van der Waals surface area contributed by atoms with Crippen LogP contribution in [0.15, 0.2) is 36.4 Å². The van der Waals surface area contributed by atoms with Crippen molar-refractivity contribution in [1.82, 2.24) is 4.90 Å². The lowest BCUT2D eigenvalue weighted by atomic mass is 9.64. The van der Waals surface area contributed by atoms with E-state index in [4.69, 9.17) is 21.7 Å². The first-order valence-electron chi connectivity index (χ1n) is 9.53. The smallest absolute Gasteiger partial charge is 0.324 e. The zero-order valence-corrected chi connectivity index (χ0v) is 15.6. The molecule has 2 heterocycles. The lowest BCUT2D eigenvalue weighted by Gasteiger charge is -2.30. The van der Waals surface area contributed by atoms with E-state index in [1.165, 1.54) is 11.0 Å². The van der Waals surface area contributed by atoms with Crippen molar-refractivity contribution >= 4 is 18.1 Å². The van der Waals surface area contributed by atoms with E-state index in [-0.39, 0.29) is 6.92 Å². The van der Waals surface area contributed by atoms with Crippen molar-refractivity contribution in [2.75, 3.05) is 13.1 Å². The third kappa shape index (κ3) is 4.01.